The van der Waals surface area contributed by atoms with Gasteiger partial charge in [-0.25, -0.2) is 9.80 Å². The Morgan fingerprint density at radius 3 is 2.12 bits per heavy atom. The molecule has 0 aromatic heterocycles. The number of carboxylic acids is 1. The summed E-state index contributed by atoms with van der Waals surface area (Å²) < 4.78 is 0. The zero-order chi connectivity index (χ0) is 18.3. The van der Waals surface area contributed by atoms with Gasteiger partial charge in [0.2, 0.25) is 5.60 Å². The van der Waals surface area contributed by atoms with E-state index in [2.05, 4.69) is 5.43 Å². The lowest BCUT2D eigenvalue weighted by molar-refractivity contribution is -0.165. The Morgan fingerprint density at radius 2 is 1.60 bits per heavy atom. The Hall–Kier alpha value is -2.86. The van der Waals surface area contributed by atoms with Crippen LogP contribution in [0.4, 0.5) is 11.4 Å². The topological polar surface area (TPSA) is 89.9 Å². The quantitative estimate of drug-likeness (QED) is 0.507. The smallest absolute Gasteiger partial charge is 0.345 e. The van der Waals surface area contributed by atoms with Crippen molar-refractivity contribution in [1.29, 1.82) is 0 Å². The predicted molar refractivity (Wildman–Crippen MR) is 96.1 cm³/mol. The van der Waals surface area contributed by atoms with E-state index in [0.717, 1.165) is 5.01 Å². The van der Waals surface area contributed by atoms with Crippen LogP contribution in [0.3, 0.4) is 0 Å². The van der Waals surface area contributed by atoms with Crippen LogP contribution in [-0.2, 0) is 9.59 Å². The number of unbranched alkanes of at least 4 members (excludes halogenated alkanes) is 1. The molecule has 0 saturated carbocycles. The number of amides is 1. The lowest BCUT2D eigenvalue weighted by atomic mass is 9.95. The Kier molecular flexibility index (Phi) is 6.14. The van der Waals surface area contributed by atoms with Gasteiger partial charge in [-0.2, -0.15) is 0 Å². The van der Waals surface area contributed by atoms with Gasteiger partial charge in [0.05, 0.1) is 11.4 Å². The Morgan fingerprint density at radius 1 is 1.04 bits per heavy atom. The van der Waals surface area contributed by atoms with Crippen molar-refractivity contribution in [1.82, 2.24) is 0 Å². The van der Waals surface area contributed by atoms with Gasteiger partial charge in [0.1, 0.15) is 0 Å². The third-order valence-electron chi connectivity index (χ3n) is 3.83. The molecule has 1 unspecified atom stereocenters. The second-order valence-corrected chi connectivity index (χ2v) is 5.72. The SMILES string of the molecule is CCCCC(O)(C(=O)O)C(=O)N(Nc1ccccc1)c1ccccc1. The molecule has 1 amide bonds. The summed E-state index contributed by atoms with van der Waals surface area (Å²) in [7, 11) is 0. The first-order chi connectivity index (χ1) is 12.0. The normalized spacial score (nSPS) is 12.9. The summed E-state index contributed by atoms with van der Waals surface area (Å²) >= 11 is 0. The summed E-state index contributed by atoms with van der Waals surface area (Å²) in [4.78, 5) is 24.6. The van der Waals surface area contributed by atoms with Crippen molar-refractivity contribution in [3.63, 3.8) is 0 Å². The van der Waals surface area contributed by atoms with E-state index >= 15 is 0 Å². The zero-order valence-electron chi connectivity index (χ0n) is 14.1. The van der Waals surface area contributed by atoms with Gasteiger partial charge in [0.25, 0.3) is 5.91 Å². The number of hydrogen-bond donors (Lipinski definition) is 3. The van der Waals surface area contributed by atoms with Crippen molar-refractivity contribution in [3.05, 3.63) is 60.7 Å². The van der Waals surface area contributed by atoms with Crippen molar-refractivity contribution >= 4 is 23.3 Å². The Labute approximate surface area is 146 Å². The number of carbonyl (C=O) groups is 2. The molecular weight excluding hydrogens is 320 g/mol. The molecule has 6 heteroatoms. The van der Waals surface area contributed by atoms with E-state index in [1.54, 1.807) is 54.6 Å². The second kappa shape index (κ2) is 8.30. The fraction of sp³-hybridized carbons (Fsp3) is 0.263. The summed E-state index contributed by atoms with van der Waals surface area (Å²) in [5.41, 5.74) is 1.44. The van der Waals surface area contributed by atoms with Crippen molar-refractivity contribution in [2.75, 3.05) is 10.4 Å². The van der Waals surface area contributed by atoms with E-state index in [-0.39, 0.29) is 6.42 Å². The maximum Gasteiger partial charge on any atom is 0.345 e. The molecule has 0 aliphatic heterocycles. The monoisotopic (exact) mass is 342 g/mol. The highest BCUT2D eigenvalue weighted by molar-refractivity contribution is 6.13. The first kappa shape index (κ1) is 18.5. The number of nitrogens with zero attached hydrogens (tertiary/aromatic N) is 1. The molecule has 2 rings (SSSR count). The van der Waals surface area contributed by atoms with Gasteiger partial charge in [-0.05, 0) is 37.1 Å². The number of nitrogens with one attached hydrogen (secondary N) is 1. The molecule has 6 nitrogen and oxygen atoms in total. The maximum absolute atomic E-state index is 12.9. The summed E-state index contributed by atoms with van der Waals surface area (Å²) in [6.45, 7) is 1.87. The molecule has 0 spiro atoms. The van der Waals surface area contributed by atoms with Crippen molar-refractivity contribution in [2.45, 2.75) is 31.8 Å². The number of hydrazine groups is 1. The number of anilines is 2. The summed E-state index contributed by atoms with van der Waals surface area (Å²) in [6, 6.07) is 17.5. The van der Waals surface area contributed by atoms with Crippen molar-refractivity contribution < 1.29 is 19.8 Å². The predicted octanol–water partition coefficient (Wildman–Crippen LogP) is 3.05. The van der Waals surface area contributed by atoms with E-state index in [1.807, 2.05) is 13.0 Å². The van der Waals surface area contributed by atoms with Crippen LogP contribution in [0.15, 0.2) is 60.7 Å². The number of carbonyl (C=O) groups excluding carboxylic acids is 1. The molecule has 132 valence electrons. The third kappa shape index (κ3) is 4.36. The van der Waals surface area contributed by atoms with Crippen LogP contribution in [-0.4, -0.2) is 27.7 Å². The highest BCUT2D eigenvalue weighted by Crippen LogP contribution is 2.24. The van der Waals surface area contributed by atoms with Gasteiger partial charge in [-0.3, -0.25) is 10.2 Å². The van der Waals surface area contributed by atoms with Crippen molar-refractivity contribution in [2.24, 2.45) is 0 Å². The summed E-state index contributed by atoms with van der Waals surface area (Å²) in [5.74, 6) is -2.48. The van der Waals surface area contributed by atoms with Crippen LogP contribution >= 0.6 is 0 Å². The van der Waals surface area contributed by atoms with Crippen LogP contribution in [0.2, 0.25) is 0 Å². The van der Waals surface area contributed by atoms with E-state index in [4.69, 9.17) is 0 Å². The maximum atomic E-state index is 12.9. The minimum atomic E-state index is -2.49. The van der Waals surface area contributed by atoms with Gasteiger partial charge in [0.15, 0.2) is 0 Å². The van der Waals surface area contributed by atoms with Crippen molar-refractivity contribution in [3.8, 4) is 0 Å². The molecule has 0 aliphatic rings. The molecule has 0 bridgehead atoms. The fourth-order valence-electron chi connectivity index (χ4n) is 2.37. The number of aliphatic hydroxyl groups is 1. The number of rotatable bonds is 8. The molecule has 2 aromatic carbocycles. The fourth-order valence-corrected chi connectivity index (χ4v) is 2.37. The summed E-state index contributed by atoms with van der Waals surface area (Å²) in [6.07, 6.45) is 0.931. The highest BCUT2D eigenvalue weighted by Gasteiger charge is 2.47. The number of carboxylic acid groups (broad SMARTS) is 1. The van der Waals surface area contributed by atoms with E-state index < -0.39 is 17.5 Å². The van der Waals surface area contributed by atoms with Crippen LogP contribution in [0, 0.1) is 0 Å². The molecule has 1 atom stereocenters. The summed E-state index contributed by atoms with van der Waals surface area (Å²) in [5, 5.41) is 21.1. The van der Waals surface area contributed by atoms with Crippen LogP contribution in [0.1, 0.15) is 26.2 Å². The number of para-hydroxylation sites is 2. The molecule has 2 aromatic rings. The lowest BCUT2D eigenvalue weighted by Gasteiger charge is -2.31. The van der Waals surface area contributed by atoms with E-state index in [9.17, 15) is 19.8 Å². The van der Waals surface area contributed by atoms with Gasteiger partial charge >= 0.3 is 5.97 Å². The van der Waals surface area contributed by atoms with Gasteiger partial charge in [0, 0.05) is 0 Å². The van der Waals surface area contributed by atoms with E-state index in [1.165, 1.54) is 0 Å². The molecule has 0 saturated heterocycles. The minimum absolute atomic E-state index is 0.155. The lowest BCUT2D eigenvalue weighted by Crippen LogP contribution is -2.56. The van der Waals surface area contributed by atoms with E-state index in [0.29, 0.717) is 24.2 Å². The van der Waals surface area contributed by atoms with Gasteiger partial charge < -0.3 is 10.2 Å². The van der Waals surface area contributed by atoms with Crippen LogP contribution < -0.4 is 10.4 Å². The van der Waals surface area contributed by atoms with Crippen LogP contribution in [0.25, 0.3) is 0 Å². The Bertz CT molecular complexity index is 706. The molecule has 0 fully saturated rings. The third-order valence-corrected chi connectivity index (χ3v) is 3.83. The van der Waals surface area contributed by atoms with Gasteiger partial charge in [-0.15, -0.1) is 0 Å². The first-order valence-corrected chi connectivity index (χ1v) is 8.16. The molecular formula is C19H22N2O4. The first-order valence-electron chi connectivity index (χ1n) is 8.16. The van der Waals surface area contributed by atoms with Gasteiger partial charge in [-0.1, -0.05) is 49.7 Å². The molecule has 0 heterocycles. The Balaban J connectivity index is 2.39. The largest absolute Gasteiger partial charge is 0.479 e. The number of aliphatic carboxylic acids is 1. The highest BCUT2D eigenvalue weighted by atomic mass is 16.4. The average molecular weight is 342 g/mol. The molecule has 25 heavy (non-hydrogen) atoms. The zero-order valence-corrected chi connectivity index (χ0v) is 14.1. The number of hydrogen-bond acceptors (Lipinski definition) is 4. The number of benzene rings is 2. The molecule has 0 radical (unpaired) electrons. The van der Waals surface area contributed by atoms with Crippen LogP contribution in [0.5, 0.6) is 0 Å². The second-order valence-electron chi connectivity index (χ2n) is 5.72. The average Bonchev–Trinajstić information content (AvgIpc) is 2.65. The molecule has 0 aliphatic carbocycles. The molecule has 3 N–H and O–H groups in total. The standard InChI is InChI=1S/C19H22N2O4/c1-2-3-14-19(25,18(23)24)17(22)21(16-12-8-5-9-13-16)20-15-10-6-4-7-11-15/h4-13,20,25H,2-3,14H2,1H3,(H,23,24). The minimum Gasteiger partial charge on any atom is -0.479 e.